The van der Waals surface area contributed by atoms with E-state index < -0.39 is 10.0 Å². The largest absolute Gasteiger partial charge is 0.392 e. The number of sulfonamides is 1. The van der Waals surface area contributed by atoms with Crippen LogP contribution in [-0.4, -0.2) is 18.5 Å². The number of aliphatic hydroxyl groups excluding tert-OH is 1. The van der Waals surface area contributed by atoms with Crippen LogP contribution >= 0.6 is 0 Å². The molecule has 0 aliphatic heterocycles. The van der Waals surface area contributed by atoms with Crippen molar-refractivity contribution in [3.8, 4) is 0 Å². The standard InChI is InChI=1S/C14H16N2O3S/c1-10-4-3-5-13(11(10)2)16-20(18,19)14-7-6-12(9-17)8-15-14/h3-8,16-17H,9H2,1-2H3. The Morgan fingerprint density at radius 2 is 1.95 bits per heavy atom. The molecular formula is C14H16N2O3S. The van der Waals surface area contributed by atoms with Crippen LogP contribution in [0.5, 0.6) is 0 Å². The van der Waals surface area contributed by atoms with Crippen molar-refractivity contribution >= 4 is 15.7 Å². The van der Waals surface area contributed by atoms with Crippen LogP contribution in [-0.2, 0) is 16.6 Å². The lowest BCUT2D eigenvalue weighted by Gasteiger charge is -2.11. The quantitative estimate of drug-likeness (QED) is 0.903. The maximum atomic E-state index is 12.2. The molecule has 0 amide bonds. The summed E-state index contributed by atoms with van der Waals surface area (Å²) in [5, 5.41) is 8.85. The molecule has 1 aromatic heterocycles. The van der Waals surface area contributed by atoms with E-state index in [1.54, 1.807) is 12.1 Å². The molecule has 20 heavy (non-hydrogen) atoms. The number of nitrogens with one attached hydrogen (secondary N) is 1. The van der Waals surface area contributed by atoms with Gasteiger partial charge >= 0.3 is 0 Å². The van der Waals surface area contributed by atoms with E-state index in [4.69, 9.17) is 5.11 Å². The van der Waals surface area contributed by atoms with Crippen LogP contribution in [0.25, 0.3) is 0 Å². The van der Waals surface area contributed by atoms with E-state index in [1.807, 2.05) is 19.9 Å². The first kappa shape index (κ1) is 14.5. The fourth-order valence-corrected chi connectivity index (χ4v) is 2.78. The summed E-state index contributed by atoms with van der Waals surface area (Å²) in [4.78, 5) is 3.86. The summed E-state index contributed by atoms with van der Waals surface area (Å²) in [5.74, 6) is 0. The van der Waals surface area contributed by atoms with E-state index in [0.29, 0.717) is 11.3 Å². The molecule has 6 heteroatoms. The van der Waals surface area contributed by atoms with Crippen molar-refractivity contribution in [2.24, 2.45) is 0 Å². The Labute approximate surface area is 118 Å². The van der Waals surface area contributed by atoms with Crippen molar-refractivity contribution in [3.63, 3.8) is 0 Å². The predicted molar refractivity (Wildman–Crippen MR) is 76.9 cm³/mol. The number of hydrogen-bond acceptors (Lipinski definition) is 4. The summed E-state index contributed by atoms with van der Waals surface area (Å²) in [7, 11) is -3.72. The number of anilines is 1. The van der Waals surface area contributed by atoms with E-state index in [2.05, 4.69) is 9.71 Å². The molecule has 106 valence electrons. The van der Waals surface area contributed by atoms with Gasteiger partial charge in [-0.05, 0) is 42.7 Å². The summed E-state index contributed by atoms with van der Waals surface area (Å²) in [5.41, 5.74) is 2.99. The summed E-state index contributed by atoms with van der Waals surface area (Å²) >= 11 is 0. The second kappa shape index (κ2) is 5.60. The van der Waals surface area contributed by atoms with Crippen molar-refractivity contribution < 1.29 is 13.5 Å². The number of aromatic nitrogens is 1. The highest BCUT2D eigenvalue weighted by Gasteiger charge is 2.17. The average molecular weight is 292 g/mol. The number of rotatable bonds is 4. The van der Waals surface area contributed by atoms with Gasteiger partial charge in [-0.1, -0.05) is 18.2 Å². The molecule has 0 aliphatic carbocycles. The summed E-state index contributed by atoms with van der Waals surface area (Å²) in [6, 6.07) is 8.33. The lowest BCUT2D eigenvalue weighted by molar-refractivity contribution is 0.281. The second-order valence-electron chi connectivity index (χ2n) is 4.52. The molecule has 2 rings (SSSR count). The molecule has 0 spiro atoms. The van der Waals surface area contributed by atoms with Crippen molar-refractivity contribution in [1.29, 1.82) is 0 Å². The van der Waals surface area contributed by atoms with E-state index in [9.17, 15) is 8.42 Å². The van der Waals surface area contributed by atoms with Gasteiger partial charge in [-0.15, -0.1) is 0 Å². The van der Waals surface area contributed by atoms with Gasteiger partial charge < -0.3 is 5.11 Å². The third kappa shape index (κ3) is 2.97. The zero-order valence-electron chi connectivity index (χ0n) is 11.3. The molecule has 0 bridgehead atoms. The Bertz CT molecular complexity index is 710. The third-order valence-electron chi connectivity index (χ3n) is 3.10. The minimum absolute atomic E-state index is 0.0735. The Morgan fingerprint density at radius 3 is 2.55 bits per heavy atom. The smallest absolute Gasteiger partial charge is 0.279 e. The fraction of sp³-hybridized carbons (Fsp3) is 0.214. The average Bonchev–Trinajstić information content (AvgIpc) is 2.44. The minimum atomic E-state index is -3.72. The maximum Gasteiger partial charge on any atom is 0.279 e. The van der Waals surface area contributed by atoms with Crippen LogP contribution in [0.15, 0.2) is 41.6 Å². The summed E-state index contributed by atoms with van der Waals surface area (Å²) < 4.78 is 27.0. The molecule has 2 N–H and O–H groups in total. The highest BCUT2D eigenvalue weighted by molar-refractivity contribution is 7.92. The summed E-state index contributed by atoms with van der Waals surface area (Å²) in [6.45, 7) is 3.61. The number of nitrogens with zero attached hydrogens (tertiary/aromatic N) is 1. The Kier molecular flexibility index (Phi) is 4.06. The molecule has 1 aromatic carbocycles. The fourth-order valence-electron chi connectivity index (χ4n) is 1.72. The molecule has 0 fully saturated rings. The maximum absolute atomic E-state index is 12.2. The zero-order chi connectivity index (χ0) is 14.8. The first-order valence-electron chi connectivity index (χ1n) is 6.09. The number of aliphatic hydroxyl groups is 1. The minimum Gasteiger partial charge on any atom is -0.392 e. The van der Waals surface area contributed by atoms with E-state index in [0.717, 1.165) is 11.1 Å². The Hall–Kier alpha value is -1.92. The van der Waals surface area contributed by atoms with Crippen LogP contribution in [0.3, 0.4) is 0 Å². The van der Waals surface area contributed by atoms with E-state index in [1.165, 1.54) is 18.3 Å². The zero-order valence-corrected chi connectivity index (χ0v) is 12.1. The lowest BCUT2D eigenvalue weighted by Crippen LogP contribution is -2.15. The van der Waals surface area contributed by atoms with Crippen LogP contribution < -0.4 is 4.72 Å². The van der Waals surface area contributed by atoms with Crippen molar-refractivity contribution in [2.75, 3.05) is 4.72 Å². The van der Waals surface area contributed by atoms with Crippen LogP contribution in [0.4, 0.5) is 5.69 Å². The molecule has 0 saturated heterocycles. The normalized spacial score (nSPS) is 11.3. The van der Waals surface area contributed by atoms with Crippen molar-refractivity contribution in [1.82, 2.24) is 4.98 Å². The molecular weight excluding hydrogens is 276 g/mol. The lowest BCUT2D eigenvalue weighted by atomic mass is 10.1. The third-order valence-corrected chi connectivity index (χ3v) is 4.39. The summed E-state index contributed by atoms with van der Waals surface area (Å²) in [6.07, 6.45) is 1.34. The molecule has 5 nitrogen and oxygen atoms in total. The van der Waals surface area contributed by atoms with Gasteiger partial charge in [-0.2, -0.15) is 8.42 Å². The van der Waals surface area contributed by atoms with Crippen LogP contribution in [0.2, 0.25) is 0 Å². The molecule has 0 saturated carbocycles. The van der Waals surface area contributed by atoms with Crippen LogP contribution in [0.1, 0.15) is 16.7 Å². The van der Waals surface area contributed by atoms with Gasteiger partial charge in [0.05, 0.1) is 12.3 Å². The topological polar surface area (TPSA) is 79.3 Å². The predicted octanol–water partition coefficient (Wildman–Crippen LogP) is 1.99. The van der Waals surface area contributed by atoms with Gasteiger partial charge in [0.25, 0.3) is 10.0 Å². The molecule has 2 aromatic rings. The molecule has 1 heterocycles. The van der Waals surface area contributed by atoms with E-state index >= 15 is 0 Å². The molecule has 0 radical (unpaired) electrons. The van der Waals surface area contributed by atoms with Gasteiger partial charge in [0.1, 0.15) is 0 Å². The van der Waals surface area contributed by atoms with Gasteiger partial charge in [0.15, 0.2) is 5.03 Å². The van der Waals surface area contributed by atoms with Crippen molar-refractivity contribution in [3.05, 3.63) is 53.2 Å². The van der Waals surface area contributed by atoms with E-state index in [-0.39, 0.29) is 11.6 Å². The number of aryl methyl sites for hydroxylation is 1. The first-order chi connectivity index (χ1) is 9.44. The highest BCUT2D eigenvalue weighted by atomic mass is 32.2. The van der Waals surface area contributed by atoms with Crippen LogP contribution in [0, 0.1) is 13.8 Å². The highest BCUT2D eigenvalue weighted by Crippen LogP contribution is 2.21. The Morgan fingerprint density at radius 1 is 1.20 bits per heavy atom. The molecule has 0 unspecified atom stereocenters. The molecule has 0 aliphatic rings. The Balaban J connectivity index is 2.33. The monoisotopic (exact) mass is 292 g/mol. The molecule has 0 atom stereocenters. The van der Waals surface area contributed by atoms with Gasteiger partial charge in [-0.25, -0.2) is 4.98 Å². The second-order valence-corrected chi connectivity index (χ2v) is 6.15. The SMILES string of the molecule is Cc1cccc(NS(=O)(=O)c2ccc(CO)cn2)c1C. The van der Waals surface area contributed by atoms with Gasteiger partial charge in [-0.3, -0.25) is 4.72 Å². The number of pyridine rings is 1. The number of hydrogen-bond donors (Lipinski definition) is 2. The van der Waals surface area contributed by atoms with Crippen molar-refractivity contribution in [2.45, 2.75) is 25.5 Å². The van der Waals surface area contributed by atoms with Gasteiger partial charge in [0, 0.05) is 6.20 Å². The first-order valence-corrected chi connectivity index (χ1v) is 7.57. The number of benzene rings is 1. The van der Waals surface area contributed by atoms with Gasteiger partial charge in [0.2, 0.25) is 0 Å².